The maximum atomic E-state index is 13.0. The van der Waals surface area contributed by atoms with Gasteiger partial charge in [-0.2, -0.15) is 13.2 Å². The molecule has 0 unspecified atom stereocenters. The second kappa shape index (κ2) is 7.03. The Morgan fingerprint density at radius 1 is 1.40 bits per heavy atom. The fourth-order valence-electron chi connectivity index (χ4n) is 2.77. The highest BCUT2D eigenvalue weighted by molar-refractivity contribution is 8.00. The van der Waals surface area contributed by atoms with Crippen LogP contribution in [0.1, 0.15) is 38.2 Å². The molecule has 10 heteroatoms. The molecule has 5 nitrogen and oxygen atoms in total. The van der Waals surface area contributed by atoms with Crippen LogP contribution in [0.2, 0.25) is 5.02 Å². The fraction of sp³-hybridized carbons (Fsp3) is 0.533. The third-order valence-corrected chi connectivity index (χ3v) is 5.44. The summed E-state index contributed by atoms with van der Waals surface area (Å²) in [5.41, 5.74) is -0.768. The molecule has 1 atom stereocenters. The third-order valence-electron chi connectivity index (χ3n) is 4.11. The lowest BCUT2D eigenvalue weighted by Gasteiger charge is -2.15. The number of rotatable bonds is 4. The number of pyridine rings is 1. The molecule has 1 amide bonds. The zero-order chi connectivity index (χ0) is 18.2. The Balaban J connectivity index is 1.80. The van der Waals surface area contributed by atoms with Crippen molar-refractivity contribution in [3.8, 4) is 0 Å². The Hall–Kier alpha value is -1.48. The van der Waals surface area contributed by atoms with E-state index in [-0.39, 0.29) is 27.8 Å². The van der Waals surface area contributed by atoms with Gasteiger partial charge in [0.05, 0.1) is 15.8 Å². The molecule has 2 heterocycles. The quantitative estimate of drug-likeness (QED) is 0.800. The topological polar surface area (TPSA) is 59.3 Å². The predicted octanol–water partition coefficient (Wildman–Crippen LogP) is 3.94. The number of nitrogens with zero attached hydrogens (tertiary/aromatic N) is 3. The van der Waals surface area contributed by atoms with Crippen molar-refractivity contribution >= 4 is 34.9 Å². The van der Waals surface area contributed by atoms with Gasteiger partial charge in [0, 0.05) is 12.2 Å². The first-order valence-corrected chi connectivity index (χ1v) is 9.10. The van der Waals surface area contributed by atoms with E-state index < -0.39 is 17.0 Å². The van der Waals surface area contributed by atoms with Crippen LogP contribution in [0.25, 0.3) is 5.65 Å². The second-order valence-electron chi connectivity index (χ2n) is 6.00. The molecule has 0 aliphatic heterocycles. The number of amides is 1. The largest absolute Gasteiger partial charge is 0.417 e. The molecule has 2 aromatic heterocycles. The molecular weight excluding hydrogens is 377 g/mol. The number of carbonyl (C=O) groups excluding carboxylic acids is 1. The highest BCUT2D eigenvalue weighted by Gasteiger charge is 2.32. The van der Waals surface area contributed by atoms with Crippen molar-refractivity contribution in [3.05, 3.63) is 22.8 Å². The van der Waals surface area contributed by atoms with Crippen LogP contribution in [0.4, 0.5) is 13.2 Å². The summed E-state index contributed by atoms with van der Waals surface area (Å²) in [5.74, 6) is -0.160. The molecule has 25 heavy (non-hydrogen) atoms. The Bertz CT molecular complexity index is 789. The molecule has 1 aliphatic carbocycles. The SMILES string of the molecule is C[C@H](Sc1nnc2c(Cl)cc(C(F)(F)F)cn12)C(=O)NC1CCCC1. The monoisotopic (exact) mass is 392 g/mol. The van der Waals surface area contributed by atoms with Crippen molar-refractivity contribution in [2.24, 2.45) is 0 Å². The first-order valence-electron chi connectivity index (χ1n) is 7.84. The van der Waals surface area contributed by atoms with Gasteiger partial charge in [-0.25, -0.2) is 0 Å². The van der Waals surface area contributed by atoms with Crippen molar-refractivity contribution in [2.75, 3.05) is 0 Å². The summed E-state index contributed by atoms with van der Waals surface area (Å²) in [5, 5.41) is 10.2. The van der Waals surface area contributed by atoms with E-state index in [0.717, 1.165) is 49.7 Å². The van der Waals surface area contributed by atoms with Crippen LogP contribution in [-0.2, 0) is 11.0 Å². The summed E-state index contributed by atoms with van der Waals surface area (Å²) in [4.78, 5) is 12.3. The number of fused-ring (bicyclic) bond motifs is 1. The van der Waals surface area contributed by atoms with Gasteiger partial charge in [0.1, 0.15) is 0 Å². The number of halogens is 4. The van der Waals surface area contributed by atoms with E-state index in [1.807, 2.05) is 0 Å². The average Bonchev–Trinajstić information content (AvgIpc) is 3.16. The summed E-state index contributed by atoms with van der Waals surface area (Å²) >= 11 is 6.93. The van der Waals surface area contributed by atoms with Crippen LogP contribution in [0.3, 0.4) is 0 Å². The molecule has 1 N–H and O–H groups in total. The van der Waals surface area contributed by atoms with E-state index >= 15 is 0 Å². The first-order chi connectivity index (χ1) is 11.8. The van der Waals surface area contributed by atoms with Gasteiger partial charge in [0.15, 0.2) is 10.8 Å². The summed E-state index contributed by atoms with van der Waals surface area (Å²) in [6.07, 6.45) is 0.476. The smallest absolute Gasteiger partial charge is 0.352 e. The number of nitrogens with one attached hydrogen (secondary N) is 1. The minimum Gasteiger partial charge on any atom is -0.352 e. The highest BCUT2D eigenvalue weighted by Crippen LogP contribution is 2.33. The Kier molecular flexibility index (Phi) is 5.15. The van der Waals surface area contributed by atoms with Crippen LogP contribution in [0.15, 0.2) is 17.4 Å². The minimum atomic E-state index is -4.53. The summed E-state index contributed by atoms with van der Waals surface area (Å²) in [6.45, 7) is 1.69. The van der Waals surface area contributed by atoms with E-state index in [2.05, 4.69) is 15.5 Å². The Morgan fingerprint density at radius 2 is 2.08 bits per heavy atom. The van der Waals surface area contributed by atoms with Crippen molar-refractivity contribution in [1.29, 1.82) is 0 Å². The molecule has 0 spiro atoms. The standard InChI is InChI=1S/C15H16ClF3N4OS/c1-8(13(24)20-10-4-2-3-5-10)25-14-22-21-12-11(16)6-9(7-23(12)14)15(17,18)19/h6-8,10H,2-5H2,1H3,(H,20,24)/t8-/m0/s1. The van der Waals surface area contributed by atoms with Crippen LogP contribution in [-0.4, -0.2) is 31.8 Å². The number of hydrogen-bond donors (Lipinski definition) is 1. The van der Waals surface area contributed by atoms with Crippen LogP contribution in [0, 0.1) is 0 Å². The van der Waals surface area contributed by atoms with E-state index in [0.29, 0.717) is 0 Å². The van der Waals surface area contributed by atoms with Gasteiger partial charge >= 0.3 is 6.18 Å². The molecule has 0 radical (unpaired) electrons. The van der Waals surface area contributed by atoms with E-state index in [4.69, 9.17) is 11.6 Å². The predicted molar refractivity (Wildman–Crippen MR) is 88.7 cm³/mol. The normalized spacial score (nSPS) is 17.2. The molecule has 0 bridgehead atoms. The molecule has 3 rings (SSSR count). The molecule has 136 valence electrons. The zero-order valence-corrected chi connectivity index (χ0v) is 14.9. The van der Waals surface area contributed by atoms with E-state index in [1.54, 1.807) is 6.92 Å². The Morgan fingerprint density at radius 3 is 2.72 bits per heavy atom. The van der Waals surface area contributed by atoms with Crippen molar-refractivity contribution in [1.82, 2.24) is 19.9 Å². The molecule has 1 fully saturated rings. The molecular formula is C15H16ClF3N4OS. The average molecular weight is 393 g/mol. The van der Waals surface area contributed by atoms with Gasteiger partial charge in [-0.05, 0) is 25.8 Å². The molecule has 1 aliphatic rings. The third kappa shape index (κ3) is 4.03. The molecule has 1 saturated carbocycles. The summed E-state index contributed by atoms with van der Waals surface area (Å²) in [6, 6.07) is 0.993. The van der Waals surface area contributed by atoms with Crippen molar-refractivity contribution < 1.29 is 18.0 Å². The van der Waals surface area contributed by atoms with Gasteiger partial charge in [0.2, 0.25) is 5.91 Å². The van der Waals surface area contributed by atoms with Crippen LogP contribution in [0.5, 0.6) is 0 Å². The number of aromatic nitrogens is 3. The number of carbonyl (C=O) groups is 1. The first kappa shape index (κ1) is 18.3. The summed E-state index contributed by atoms with van der Waals surface area (Å²) in [7, 11) is 0. The van der Waals surface area contributed by atoms with E-state index in [9.17, 15) is 18.0 Å². The number of thioether (sulfide) groups is 1. The van der Waals surface area contributed by atoms with Gasteiger partial charge < -0.3 is 5.32 Å². The number of alkyl halides is 3. The van der Waals surface area contributed by atoms with Gasteiger partial charge in [-0.3, -0.25) is 9.20 Å². The van der Waals surface area contributed by atoms with Crippen molar-refractivity contribution in [3.63, 3.8) is 0 Å². The maximum Gasteiger partial charge on any atom is 0.417 e. The minimum absolute atomic E-state index is 0.126. The second-order valence-corrected chi connectivity index (χ2v) is 7.72. The zero-order valence-electron chi connectivity index (χ0n) is 13.3. The molecule has 2 aromatic rings. The Labute approximate surface area is 151 Å². The van der Waals surface area contributed by atoms with Crippen LogP contribution >= 0.6 is 23.4 Å². The molecule has 0 aromatic carbocycles. The fourth-order valence-corrected chi connectivity index (χ4v) is 3.85. The lowest BCUT2D eigenvalue weighted by atomic mass is 10.2. The van der Waals surface area contributed by atoms with Gasteiger partial charge in [0.25, 0.3) is 0 Å². The summed E-state index contributed by atoms with van der Waals surface area (Å²) < 4.78 is 40.1. The number of hydrogen-bond acceptors (Lipinski definition) is 4. The van der Waals surface area contributed by atoms with Crippen LogP contribution < -0.4 is 5.32 Å². The lowest BCUT2D eigenvalue weighted by molar-refractivity contribution is -0.137. The van der Waals surface area contributed by atoms with Crippen molar-refractivity contribution in [2.45, 2.75) is 55.2 Å². The highest BCUT2D eigenvalue weighted by atomic mass is 35.5. The van der Waals surface area contributed by atoms with E-state index in [1.165, 1.54) is 4.40 Å². The van der Waals surface area contributed by atoms with Gasteiger partial charge in [-0.1, -0.05) is 36.2 Å². The van der Waals surface area contributed by atoms with Gasteiger partial charge in [-0.15, -0.1) is 10.2 Å². The molecule has 0 saturated heterocycles. The maximum absolute atomic E-state index is 13.0. The lowest BCUT2D eigenvalue weighted by Crippen LogP contribution is -2.37.